The molecule has 1 N–H and O–H groups in total. The summed E-state index contributed by atoms with van der Waals surface area (Å²) in [6.07, 6.45) is 0.338. The summed E-state index contributed by atoms with van der Waals surface area (Å²) in [6.45, 7) is 0. The van der Waals surface area contributed by atoms with Crippen LogP contribution in [-0.4, -0.2) is 11.8 Å². The summed E-state index contributed by atoms with van der Waals surface area (Å²) >= 11 is 5.52. The van der Waals surface area contributed by atoms with Gasteiger partial charge in [0.2, 0.25) is 5.91 Å². The molecule has 2 rings (SSSR count). The lowest BCUT2D eigenvalue weighted by Crippen LogP contribution is -2.11. The van der Waals surface area contributed by atoms with Crippen molar-refractivity contribution in [3.8, 4) is 0 Å². The van der Waals surface area contributed by atoms with E-state index < -0.39 is 0 Å². The highest BCUT2D eigenvalue weighted by molar-refractivity contribution is 6.19. The molecular weight excluding hydrogens is 222 g/mol. The fourth-order valence-electron chi connectivity index (χ4n) is 1.63. The Morgan fingerprint density at radius 3 is 2.69 bits per heavy atom. The first-order chi connectivity index (χ1) is 7.81. The van der Waals surface area contributed by atoms with Gasteiger partial charge in [0.25, 0.3) is 0 Å². The third-order valence-corrected chi connectivity index (χ3v) is 2.57. The molecule has 2 nitrogen and oxygen atoms in total. The van der Waals surface area contributed by atoms with Gasteiger partial charge in [0.15, 0.2) is 0 Å². The van der Waals surface area contributed by atoms with E-state index in [0.29, 0.717) is 12.3 Å². The fraction of sp³-hybridized carbons (Fsp3) is 0.154. The Bertz CT molecular complexity index is 505. The Morgan fingerprint density at radius 2 is 1.88 bits per heavy atom. The average molecular weight is 234 g/mol. The van der Waals surface area contributed by atoms with Crippen LogP contribution in [0.15, 0.2) is 42.5 Å². The van der Waals surface area contributed by atoms with Crippen LogP contribution in [0.3, 0.4) is 0 Å². The van der Waals surface area contributed by atoms with Crippen LogP contribution in [0.25, 0.3) is 10.8 Å². The smallest absolute Gasteiger partial charge is 0.225 e. The van der Waals surface area contributed by atoms with Crippen molar-refractivity contribution in [2.75, 3.05) is 11.2 Å². The van der Waals surface area contributed by atoms with E-state index in [4.69, 9.17) is 11.6 Å². The van der Waals surface area contributed by atoms with Crippen LogP contribution in [-0.2, 0) is 4.79 Å². The molecular formula is C13H12ClNO. The maximum Gasteiger partial charge on any atom is 0.225 e. The van der Waals surface area contributed by atoms with Gasteiger partial charge >= 0.3 is 0 Å². The number of anilines is 1. The van der Waals surface area contributed by atoms with Crippen LogP contribution in [0, 0.1) is 0 Å². The lowest BCUT2D eigenvalue weighted by molar-refractivity contribution is -0.115. The minimum absolute atomic E-state index is 0.0497. The maximum absolute atomic E-state index is 11.5. The largest absolute Gasteiger partial charge is 0.325 e. The van der Waals surface area contributed by atoms with E-state index in [1.807, 2.05) is 42.5 Å². The van der Waals surface area contributed by atoms with Crippen molar-refractivity contribution in [2.45, 2.75) is 6.42 Å². The van der Waals surface area contributed by atoms with Gasteiger partial charge in [0, 0.05) is 23.4 Å². The molecule has 16 heavy (non-hydrogen) atoms. The van der Waals surface area contributed by atoms with Crippen molar-refractivity contribution in [3.05, 3.63) is 42.5 Å². The normalized spacial score (nSPS) is 10.3. The second kappa shape index (κ2) is 4.99. The number of amides is 1. The topological polar surface area (TPSA) is 29.1 Å². The molecule has 0 fully saturated rings. The van der Waals surface area contributed by atoms with Gasteiger partial charge in [-0.3, -0.25) is 4.79 Å². The van der Waals surface area contributed by atoms with Gasteiger partial charge < -0.3 is 5.32 Å². The van der Waals surface area contributed by atoms with E-state index in [2.05, 4.69) is 5.32 Å². The molecule has 0 unspecified atom stereocenters. The number of benzene rings is 2. The van der Waals surface area contributed by atoms with Gasteiger partial charge in [-0.15, -0.1) is 11.6 Å². The predicted octanol–water partition coefficient (Wildman–Crippen LogP) is 3.41. The molecule has 0 aliphatic carbocycles. The predicted molar refractivity (Wildman–Crippen MR) is 67.9 cm³/mol. The van der Waals surface area contributed by atoms with E-state index in [-0.39, 0.29) is 5.91 Å². The molecule has 0 radical (unpaired) electrons. The number of hydrogen-bond acceptors (Lipinski definition) is 1. The Labute approximate surface area is 99.2 Å². The van der Waals surface area contributed by atoms with Crippen molar-refractivity contribution >= 4 is 34.0 Å². The van der Waals surface area contributed by atoms with Gasteiger partial charge in [-0.1, -0.05) is 36.4 Å². The monoisotopic (exact) mass is 233 g/mol. The first kappa shape index (κ1) is 11.0. The lowest BCUT2D eigenvalue weighted by Gasteiger charge is -2.07. The van der Waals surface area contributed by atoms with Crippen LogP contribution in [0.5, 0.6) is 0 Å². The zero-order valence-electron chi connectivity index (χ0n) is 8.74. The van der Waals surface area contributed by atoms with Gasteiger partial charge in [0.1, 0.15) is 0 Å². The lowest BCUT2D eigenvalue weighted by atomic mass is 10.1. The van der Waals surface area contributed by atoms with Crippen molar-refractivity contribution in [1.82, 2.24) is 0 Å². The van der Waals surface area contributed by atoms with E-state index >= 15 is 0 Å². The molecule has 0 saturated heterocycles. The molecule has 0 aromatic heterocycles. The number of nitrogens with one attached hydrogen (secondary N) is 1. The van der Waals surface area contributed by atoms with Gasteiger partial charge in [-0.2, -0.15) is 0 Å². The molecule has 0 bridgehead atoms. The number of rotatable bonds is 3. The number of carbonyl (C=O) groups is 1. The zero-order chi connectivity index (χ0) is 11.4. The highest BCUT2D eigenvalue weighted by Gasteiger charge is 2.04. The fourth-order valence-corrected chi connectivity index (χ4v) is 1.80. The SMILES string of the molecule is O=C(CCCl)Nc1cccc2ccccc12. The van der Waals surface area contributed by atoms with Crippen LogP contribution in [0.2, 0.25) is 0 Å². The second-order valence-corrected chi connectivity index (χ2v) is 3.89. The summed E-state index contributed by atoms with van der Waals surface area (Å²) in [5.74, 6) is 0.294. The molecule has 0 spiro atoms. The van der Waals surface area contributed by atoms with Crippen LogP contribution in [0.1, 0.15) is 6.42 Å². The van der Waals surface area contributed by atoms with Crippen LogP contribution < -0.4 is 5.32 Å². The molecule has 3 heteroatoms. The van der Waals surface area contributed by atoms with Crippen molar-refractivity contribution < 1.29 is 4.79 Å². The minimum Gasteiger partial charge on any atom is -0.325 e. The van der Waals surface area contributed by atoms with Crippen molar-refractivity contribution in [1.29, 1.82) is 0 Å². The number of hydrogen-bond donors (Lipinski definition) is 1. The number of halogens is 1. The molecule has 1 amide bonds. The number of alkyl halides is 1. The molecule has 2 aromatic carbocycles. The van der Waals surface area contributed by atoms with Crippen molar-refractivity contribution in [2.24, 2.45) is 0 Å². The number of fused-ring (bicyclic) bond motifs is 1. The molecule has 2 aromatic rings. The maximum atomic E-state index is 11.5. The Balaban J connectivity index is 2.33. The average Bonchev–Trinajstić information content (AvgIpc) is 2.30. The zero-order valence-corrected chi connectivity index (χ0v) is 9.50. The van der Waals surface area contributed by atoms with E-state index in [0.717, 1.165) is 16.5 Å². The number of carbonyl (C=O) groups excluding carboxylic acids is 1. The Hall–Kier alpha value is -1.54. The Morgan fingerprint density at radius 1 is 1.12 bits per heavy atom. The molecule has 0 saturated carbocycles. The Kier molecular flexibility index (Phi) is 3.42. The first-order valence-electron chi connectivity index (χ1n) is 5.15. The molecule has 0 atom stereocenters. The second-order valence-electron chi connectivity index (χ2n) is 3.51. The molecule has 82 valence electrons. The first-order valence-corrected chi connectivity index (χ1v) is 5.68. The summed E-state index contributed by atoms with van der Waals surface area (Å²) < 4.78 is 0. The summed E-state index contributed by atoms with van der Waals surface area (Å²) in [6, 6.07) is 13.8. The summed E-state index contributed by atoms with van der Waals surface area (Å²) in [4.78, 5) is 11.5. The van der Waals surface area contributed by atoms with Crippen LogP contribution in [0.4, 0.5) is 5.69 Å². The highest BCUT2D eigenvalue weighted by atomic mass is 35.5. The molecule has 0 aliphatic heterocycles. The van der Waals surface area contributed by atoms with Gasteiger partial charge in [0.05, 0.1) is 0 Å². The minimum atomic E-state index is -0.0497. The van der Waals surface area contributed by atoms with Gasteiger partial charge in [-0.25, -0.2) is 0 Å². The van der Waals surface area contributed by atoms with Crippen molar-refractivity contribution in [3.63, 3.8) is 0 Å². The third-order valence-electron chi connectivity index (χ3n) is 2.39. The third kappa shape index (κ3) is 2.34. The van der Waals surface area contributed by atoms with Gasteiger partial charge in [-0.05, 0) is 11.5 Å². The summed E-state index contributed by atoms with van der Waals surface area (Å²) in [5, 5.41) is 5.03. The van der Waals surface area contributed by atoms with E-state index in [9.17, 15) is 4.79 Å². The highest BCUT2D eigenvalue weighted by Crippen LogP contribution is 2.22. The quantitative estimate of drug-likeness (QED) is 0.809. The van der Waals surface area contributed by atoms with E-state index in [1.54, 1.807) is 0 Å². The molecule has 0 heterocycles. The summed E-state index contributed by atoms with van der Waals surface area (Å²) in [7, 11) is 0. The van der Waals surface area contributed by atoms with E-state index in [1.165, 1.54) is 0 Å². The standard InChI is InChI=1S/C13H12ClNO/c14-9-8-13(16)15-12-7-3-5-10-4-1-2-6-11(10)12/h1-7H,8-9H2,(H,15,16). The van der Waals surface area contributed by atoms with Crippen LogP contribution >= 0.6 is 11.6 Å². The summed E-state index contributed by atoms with van der Waals surface area (Å²) in [5.41, 5.74) is 0.841. The molecule has 0 aliphatic rings.